The molecule has 1 N–H and O–H groups in total. The van der Waals surface area contributed by atoms with Crippen molar-refractivity contribution in [1.82, 2.24) is 19.5 Å². The predicted octanol–water partition coefficient (Wildman–Crippen LogP) is 1.62. The molecule has 0 saturated carbocycles. The first-order chi connectivity index (χ1) is 11.4. The Morgan fingerprint density at radius 2 is 1.58 bits per heavy atom. The van der Waals surface area contributed by atoms with Crippen LogP contribution in [-0.2, 0) is 10.0 Å². The second kappa shape index (κ2) is 6.25. The van der Waals surface area contributed by atoms with Crippen molar-refractivity contribution in [2.24, 2.45) is 0 Å². The average molecular weight is 342 g/mol. The molecule has 0 bridgehead atoms. The van der Waals surface area contributed by atoms with Gasteiger partial charge in [-0.1, -0.05) is 48.5 Å². The number of hydrogen-bond acceptors (Lipinski definition) is 5. The van der Waals surface area contributed by atoms with Crippen molar-refractivity contribution in [2.45, 2.75) is 0 Å². The normalized spacial score (nSPS) is 11.2. The van der Waals surface area contributed by atoms with Gasteiger partial charge in [-0.2, -0.15) is 0 Å². The van der Waals surface area contributed by atoms with E-state index in [1.54, 1.807) is 0 Å². The van der Waals surface area contributed by atoms with Crippen LogP contribution in [0.15, 0.2) is 60.7 Å². The number of carbonyl (C=O) groups is 1. The molecule has 0 spiro atoms. The number of para-hydroxylation sites is 1. The molecular formula is C16H14N4O3S. The minimum Gasteiger partial charge on any atom is -0.264 e. The Kier molecular flexibility index (Phi) is 4.13. The van der Waals surface area contributed by atoms with Crippen molar-refractivity contribution < 1.29 is 13.2 Å². The Bertz CT molecular complexity index is 910. The molecule has 1 amide bonds. The summed E-state index contributed by atoms with van der Waals surface area (Å²) in [4.78, 5) is 16.3. The lowest BCUT2D eigenvalue weighted by Crippen LogP contribution is -2.30. The molecule has 0 radical (unpaired) electrons. The van der Waals surface area contributed by atoms with Gasteiger partial charge < -0.3 is 0 Å². The third kappa shape index (κ3) is 3.49. The van der Waals surface area contributed by atoms with Crippen LogP contribution in [0.25, 0.3) is 17.1 Å². The summed E-state index contributed by atoms with van der Waals surface area (Å²) in [6.45, 7) is 0. The van der Waals surface area contributed by atoms with Crippen molar-refractivity contribution in [3.63, 3.8) is 0 Å². The Labute approximate surface area is 139 Å². The molecule has 0 aliphatic carbocycles. The van der Waals surface area contributed by atoms with Crippen LogP contribution in [0.2, 0.25) is 0 Å². The van der Waals surface area contributed by atoms with Gasteiger partial charge in [0.05, 0.1) is 11.9 Å². The molecular weight excluding hydrogens is 328 g/mol. The molecule has 2 aromatic carbocycles. The van der Waals surface area contributed by atoms with E-state index in [0.717, 1.165) is 11.8 Å². The SMILES string of the molecule is CS(=O)(=O)NC(=O)c1nc(-c2ccccc2)n(-c2ccccc2)n1. The van der Waals surface area contributed by atoms with E-state index in [1.165, 1.54) is 4.68 Å². The smallest absolute Gasteiger partial charge is 0.264 e. The van der Waals surface area contributed by atoms with Gasteiger partial charge in [0.2, 0.25) is 15.8 Å². The standard InChI is InChI=1S/C16H14N4O3S/c1-24(22,23)19-16(21)14-17-15(12-8-4-2-5-9-12)20(18-14)13-10-6-3-7-11-13/h2-11H,1H3,(H,19,21). The van der Waals surface area contributed by atoms with Crippen molar-refractivity contribution in [2.75, 3.05) is 6.26 Å². The number of hydrogen-bond donors (Lipinski definition) is 1. The maximum Gasteiger partial charge on any atom is 0.304 e. The van der Waals surface area contributed by atoms with Gasteiger partial charge in [0.15, 0.2) is 5.82 Å². The Morgan fingerprint density at radius 1 is 1.00 bits per heavy atom. The summed E-state index contributed by atoms with van der Waals surface area (Å²) in [6.07, 6.45) is 0.900. The molecule has 24 heavy (non-hydrogen) atoms. The number of carbonyl (C=O) groups excluding carboxylic acids is 1. The van der Waals surface area contributed by atoms with Gasteiger partial charge >= 0.3 is 5.91 Å². The second-order valence-corrected chi connectivity index (χ2v) is 6.82. The summed E-state index contributed by atoms with van der Waals surface area (Å²) < 4.78 is 25.9. The zero-order chi connectivity index (χ0) is 17.2. The first-order valence-electron chi connectivity index (χ1n) is 7.04. The first-order valence-corrected chi connectivity index (χ1v) is 8.93. The zero-order valence-corrected chi connectivity index (χ0v) is 13.6. The van der Waals surface area contributed by atoms with Gasteiger partial charge in [-0.05, 0) is 12.1 Å². The Hall–Kier alpha value is -3.00. The summed E-state index contributed by atoms with van der Waals surface area (Å²) in [5, 5.41) is 4.17. The van der Waals surface area contributed by atoms with Gasteiger partial charge in [-0.15, -0.1) is 5.10 Å². The van der Waals surface area contributed by atoms with Crippen LogP contribution in [0.4, 0.5) is 0 Å². The number of nitrogens with zero attached hydrogens (tertiary/aromatic N) is 3. The number of nitrogens with one attached hydrogen (secondary N) is 1. The lowest BCUT2D eigenvalue weighted by molar-refractivity contribution is 0.0971. The van der Waals surface area contributed by atoms with Gasteiger partial charge in [-0.25, -0.2) is 22.8 Å². The maximum atomic E-state index is 12.1. The summed E-state index contributed by atoms with van der Waals surface area (Å²) in [5.41, 5.74) is 1.47. The van der Waals surface area contributed by atoms with Crippen LogP contribution in [0.1, 0.15) is 10.6 Å². The fourth-order valence-electron chi connectivity index (χ4n) is 2.15. The van der Waals surface area contributed by atoms with Crippen LogP contribution in [-0.4, -0.2) is 35.3 Å². The lowest BCUT2D eigenvalue weighted by Gasteiger charge is -2.05. The molecule has 3 rings (SSSR count). The van der Waals surface area contributed by atoms with Crippen molar-refractivity contribution >= 4 is 15.9 Å². The topological polar surface area (TPSA) is 94.0 Å². The van der Waals surface area contributed by atoms with E-state index < -0.39 is 15.9 Å². The number of aromatic nitrogens is 3. The lowest BCUT2D eigenvalue weighted by atomic mass is 10.2. The van der Waals surface area contributed by atoms with E-state index in [0.29, 0.717) is 11.5 Å². The Balaban J connectivity index is 2.12. The van der Waals surface area contributed by atoms with Crippen molar-refractivity contribution in [3.05, 3.63) is 66.5 Å². The summed E-state index contributed by atoms with van der Waals surface area (Å²) in [6, 6.07) is 18.4. The molecule has 8 heteroatoms. The molecule has 0 aliphatic rings. The van der Waals surface area contributed by atoms with E-state index in [2.05, 4.69) is 10.1 Å². The summed E-state index contributed by atoms with van der Waals surface area (Å²) in [5.74, 6) is -0.645. The minimum absolute atomic E-state index is 0.219. The summed E-state index contributed by atoms with van der Waals surface area (Å²) >= 11 is 0. The van der Waals surface area contributed by atoms with Crippen LogP contribution in [0, 0.1) is 0 Å². The molecule has 3 aromatic rings. The minimum atomic E-state index is -3.69. The fraction of sp³-hybridized carbons (Fsp3) is 0.0625. The van der Waals surface area contributed by atoms with Crippen molar-refractivity contribution in [3.8, 4) is 17.1 Å². The van der Waals surface area contributed by atoms with Crippen LogP contribution in [0.3, 0.4) is 0 Å². The monoisotopic (exact) mass is 342 g/mol. The highest BCUT2D eigenvalue weighted by Gasteiger charge is 2.20. The highest BCUT2D eigenvalue weighted by molar-refractivity contribution is 7.89. The second-order valence-electron chi connectivity index (χ2n) is 5.08. The third-order valence-corrected chi connectivity index (χ3v) is 3.68. The Morgan fingerprint density at radius 3 is 2.17 bits per heavy atom. The maximum absolute atomic E-state index is 12.1. The van der Waals surface area contributed by atoms with Gasteiger partial charge in [0, 0.05) is 5.56 Å². The third-order valence-electron chi connectivity index (χ3n) is 3.12. The molecule has 0 atom stereocenters. The van der Waals surface area contributed by atoms with E-state index in [9.17, 15) is 13.2 Å². The molecule has 0 saturated heterocycles. The predicted molar refractivity (Wildman–Crippen MR) is 89.1 cm³/mol. The average Bonchev–Trinajstić information content (AvgIpc) is 3.00. The van der Waals surface area contributed by atoms with E-state index in [4.69, 9.17) is 0 Å². The molecule has 0 fully saturated rings. The largest absolute Gasteiger partial charge is 0.304 e. The van der Waals surface area contributed by atoms with E-state index >= 15 is 0 Å². The van der Waals surface area contributed by atoms with Gasteiger partial charge in [0.1, 0.15) is 0 Å². The molecule has 0 aliphatic heterocycles. The van der Waals surface area contributed by atoms with Gasteiger partial charge in [0.25, 0.3) is 0 Å². The number of amides is 1. The molecule has 1 aromatic heterocycles. The molecule has 0 unspecified atom stereocenters. The van der Waals surface area contributed by atoms with E-state index in [1.807, 2.05) is 65.4 Å². The molecule has 7 nitrogen and oxygen atoms in total. The first kappa shape index (κ1) is 15.9. The van der Waals surface area contributed by atoms with Crippen molar-refractivity contribution in [1.29, 1.82) is 0 Å². The van der Waals surface area contributed by atoms with Crippen LogP contribution < -0.4 is 4.72 Å². The van der Waals surface area contributed by atoms with Gasteiger partial charge in [-0.3, -0.25) is 4.79 Å². The highest BCUT2D eigenvalue weighted by Crippen LogP contribution is 2.20. The van der Waals surface area contributed by atoms with E-state index in [-0.39, 0.29) is 5.82 Å². The number of benzene rings is 2. The highest BCUT2D eigenvalue weighted by atomic mass is 32.2. The number of rotatable bonds is 4. The zero-order valence-electron chi connectivity index (χ0n) is 12.7. The fourth-order valence-corrected chi connectivity index (χ4v) is 2.57. The number of sulfonamides is 1. The van der Waals surface area contributed by atoms with Crippen LogP contribution in [0.5, 0.6) is 0 Å². The summed E-state index contributed by atoms with van der Waals surface area (Å²) in [7, 11) is -3.69. The molecule has 122 valence electrons. The molecule has 1 heterocycles. The quantitative estimate of drug-likeness (QED) is 0.777. The van der Waals surface area contributed by atoms with Crippen LogP contribution >= 0.6 is 0 Å².